The van der Waals surface area contributed by atoms with Gasteiger partial charge in [-0.2, -0.15) is 5.26 Å². The van der Waals surface area contributed by atoms with Crippen LogP contribution in [-0.4, -0.2) is 17.0 Å². The number of rotatable bonds is 5. The Labute approximate surface area is 137 Å². The van der Waals surface area contributed by atoms with E-state index in [0.717, 1.165) is 0 Å². The molecule has 0 aliphatic carbocycles. The van der Waals surface area contributed by atoms with Gasteiger partial charge in [-0.05, 0) is 24.3 Å². The summed E-state index contributed by atoms with van der Waals surface area (Å²) in [5, 5.41) is 23.7. The first-order valence-corrected chi connectivity index (χ1v) is 6.95. The van der Waals surface area contributed by atoms with Gasteiger partial charge in [0.25, 0.3) is 0 Å². The van der Waals surface area contributed by atoms with Crippen LogP contribution in [0.25, 0.3) is 0 Å². The molecule has 2 aromatic rings. The highest BCUT2D eigenvalue weighted by molar-refractivity contribution is 6.33. The Kier molecular flexibility index (Phi) is 5.18. The number of hydrogen-bond acceptors (Lipinski definition) is 4. The number of amides is 1. The molecule has 0 spiro atoms. The number of para-hydroxylation sites is 2. The number of carboxylic acid groups (broad SMARTS) is 1. The molecule has 0 aromatic heterocycles. The van der Waals surface area contributed by atoms with Crippen molar-refractivity contribution in [3.05, 3.63) is 53.1 Å². The lowest BCUT2D eigenvalue weighted by Gasteiger charge is -2.16. The lowest BCUT2D eigenvalue weighted by molar-refractivity contribution is -0.115. The molecular weight excluding hydrogens is 318 g/mol. The molecular formula is C16H12ClN3O3. The first-order valence-electron chi connectivity index (χ1n) is 6.57. The Morgan fingerprint density at radius 1 is 1.13 bits per heavy atom. The zero-order chi connectivity index (χ0) is 16.8. The summed E-state index contributed by atoms with van der Waals surface area (Å²) in [6.45, 7) is 0. The fourth-order valence-corrected chi connectivity index (χ4v) is 2.12. The number of nitrogens with one attached hydrogen (secondary N) is 2. The number of carbonyl (C=O) groups is 2. The van der Waals surface area contributed by atoms with Gasteiger partial charge < -0.3 is 15.7 Å². The summed E-state index contributed by atoms with van der Waals surface area (Å²) in [6, 6.07) is 13.0. The van der Waals surface area contributed by atoms with E-state index in [9.17, 15) is 14.7 Å². The van der Waals surface area contributed by atoms with Crippen molar-refractivity contribution < 1.29 is 14.7 Å². The lowest BCUT2D eigenvalue weighted by Crippen LogP contribution is -2.13. The van der Waals surface area contributed by atoms with Crippen LogP contribution in [0.3, 0.4) is 0 Å². The second-order valence-corrected chi connectivity index (χ2v) is 4.93. The van der Waals surface area contributed by atoms with Crippen molar-refractivity contribution in [1.29, 1.82) is 5.26 Å². The van der Waals surface area contributed by atoms with Crippen molar-refractivity contribution in [1.82, 2.24) is 0 Å². The van der Waals surface area contributed by atoms with Gasteiger partial charge in [-0.1, -0.05) is 29.8 Å². The van der Waals surface area contributed by atoms with E-state index in [1.807, 2.05) is 0 Å². The van der Waals surface area contributed by atoms with Gasteiger partial charge in [0, 0.05) is 0 Å². The van der Waals surface area contributed by atoms with Crippen LogP contribution in [0.4, 0.5) is 17.1 Å². The molecule has 116 valence electrons. The molecule has 2 aromatic carbocycles. The number of nitrogens with zero attached hydrogens (tertiary/aromatic N) is 1. The van der Waals surface area contributed by atoms with E-state index in [1.165, 1.54) is 12.1 Å². The fraction of sp³-hybridized carbons (Fsp3) is 0.0625. The van der Waals surface area contributed by atoms with Crippen molar-refractivity contribution in [2.75, 3.05) is 10.6 Å². The molecule has 0 bridgehead atoms. The largest absolute Gasteiger partial charge is 0.478 e. The Morgan fingerprint density at radius 2 is 1.83 bits per heavy atom. The number of benzene rings is 2. The molecule has 0 saturated heterocycles. The van der Waals surface area contributed by atoms with Crippen LogP contribution < -0.4 is 10.6 Å². The number of aromatic carboxylic acids is 1. The molecule has 0 aliphatic heterocycles. The van der Waals surface area contributed by atoms with Crippen molar-refractivity contribution >= 4 is 40.5 Å². The zero-order valence-corrected chi connectivity index (χ0v) is 12.6. The summed E-state index contributed by atoms with van der Waals surface area (Å²) >= 11 is 6.07. The van der Waals surface area contributed by atoms with E-state index in [2.05, 4.69) is 10.6 Å². The van der Waals surface area contributed by atoms with Crippen LogP contribution in [-0.2, 0) is 4.79 Å². The normalized spacial score (nSPS) is 9.74. The zero-order valence-electron chi connectivity index (χ0n) is 11.8. The second kappa shape index (κ2) is 7.29. The topological polar surface area (TPSA) is 102 Å². The Balaban J connectivity index is 2.46. The number of carboxylic acids is 1. The van der Waals surface area contributed by atoms with Crippen molar-refractivity contribution in [3.63, 3.8) is 0 Å². The summed E-state index contributed by atoms with van der Waals surface area (Å²) in [5.41, 5.74) is 0.919. The van der Waals surface area contributed by atoms with Gasteiger partial charge >= 0.3 is 5.97 Å². The SMILES string of the molecule is N#CCC(=O)Nc1cccc(C(=O)O)c1Nc1ccccc1Cl. The van der Waals surface area contributed by atoms with Crippen molar-refractivity contribution in [2.24, 2.45) is 0 Å². The predicted octanol–water partition coefficient (Wildman–Crippen LogP) is 3.63. The van der Waals surface area contributed by atoms with Gasteiger partial charge in [-0.3, -0.25) is 4.79 Å². The molecule has 3 N–H and O–H groups in total. The third kappa shape index (κ3) is 3.99. The molecule has 23 heavy (non-hydrogen) atoms. The molecule has 0 atom stereocenters. The van der Waals surface area contributed by atoms with E-state index < -0.39 is 11.9 Å². The number of carbonyl (C=O) groups excluding carboxylic acids is 1. The van der Waals surface area contributed by atoms with Gasteiger partial charge in [0.1, 0.15) is 6.42 Å². The second-order valence-electron chi connectivity index (χ2n) is 4.52. The number of hydrogen-bond donors (Lipinski definition) is 3. The molecule has 7 heteroatoms. The minimum Gasteiger partial charge on any atom is -0.478 e. The highest BCUT2D eigenvalue weighted by Crippen LogP contribution is 2.32. The fourth-order valence-electron chi connectivity index (χ4n) is 1.93. The summed E-state index contributed by atoms with van der Waals surface area (Å²) in [6.07, 6.45) is -0.331. The van der Waals surface area contributed by atoms with E-state index in [1.54, 1.807) is 36.4 Å². The molecule has 0 unspecified atom stereocenters. The van der Waals surface area contributed by atoms with Gasteiger partial charge in [-0.15, -0.1) is 0 Å². The third-order valence-electron chi connectivity index (χ3n) is 2.94. The van der Waals surface area contributed by atoms with Crippen molar-refractivity contribution in [3.8, 4) is 6.07 Å². The number of nitriles is 1. The standard InChI is InChI=1S/C16H12ClN3O3/c17-11-5-1-2-6-12(11)20-15-10(16(22)23)4-3-7-13(15)19-14(21)8-9-18/h1-7,20H,8H2,(H,19,21)(H,22,23). The van der Waals surface area contributed by atoms with Crippen LogP contribution in [0, 0.1) is 11.3 Å². The van der Waals surface area contributed by atoms with E-state index >= 15 is 0 Å². The maximum atomic E-state index is 11.6. The molecule has 0 aliphatic rings. The van der Waals surface area contributed by atoms with E-state index in [4.69, 9.17) is 16.9 Å². The predicted molar refractivity (Wildman–Crippen MR) is 87.0 cm³/mol. The third-order valence-corrected chi connectivity index (χ3v) is 3.27. The van der Waals surface area contributed by atoms with Crippen LogP contribution in [0.1, 0.15) is 16.8 Å². The first-order chi connectivity index (χ1) is 11.0. The first kappa shape index (κ1) is 16.3. The van der Waals surface area contributed by atoms with Gasteiger partial charge in [0.15, 0.2) is 0 Å². The Bertz CT molecular complexity index is 799. The maximum Gasteiger partial charge on any atom is 0.337 e. The monoisotopic (exact) mass is 329 g/mol. The van der Waals surface area contributed by atoms with Crippen molar-refractivity contribution in [2.45, 2.75) is 6.42 Å². The van der Waals surface area contributed by atoms with Crippen LogP contribution in [0.2, 0.25) is 5.02 Å². The maximum absolute atomic E-state index is 11.6. The molecule has 2 rings (SSSR count). The molecule has 0 saturated carbocycles. The van der Waals surface area contributed by atoms with E-state index in [0.29, 0.717) is 10.7 Å². The average molecular weight is 330 g/mol. The molecule has 0 heterocycles. The van der Waals surface area contributed by atoms with Gasteiger partial charge in [0.05, 0.1) is 33.7 Å². The van der Waals surface area contributed by atoms with Crippen LogP contribution in [0.5, 0.6) is 0 Å². The van der Waals surface area contributed by atoms with Gasteiger partial charge in [0.2, 0.25) is 5.91 Å². The van der Waals surface area contributed by atoms with Crippen LogP contribution in [0.15, 0.2) is 42.5 Å². The minimum absolute atomic E-state index is 0.0281. The summed E-state index contributed by atoms with van der Waals surface area (Å²) < 4.78 is 0. The van der Waals surface area contributed by atoms with Gasteiger partial charge in [-0.25, -0.2) is 4.79 Å². The average Bonchev–Trinajstić information content (AvgIpc) is 2.51. The minimum atomic E-state index is -1.16. The lowest BCUT2D eigenvalue weighted by atomic mass is 10.1. The number of anilines is 3. The van der Waals surface area contributed by atoms with E-state index in [-0.39, 0.29) is 23.4 Å². The highest BCUT2D eigenvalue weighted by Gasteiger charge is 2.16. The molecule has 6 nitrogen and oxygen atoms in total. The Morgan fingerprint density at radius 3 is 2.48 bits per heavy atom. The molecule has 0 fully saturated rings. The summed E-state index contributed by atoms with van der Waals surface area (Å²) in [5.74, 6) is -1.69. The molecule has 0 radical (unpaired) electrons. The summed E-state index contributed by atoms with van der Waals surface area (Å²) in [4.78, 5) is 23.1. The molecule has 1 amide bonds. The Hall–Kier alpha value is -3.04. The van der Waals surface area contributed by atoms with Crippen LogP contribution >= 0.6 is 11.6 Å². The smallest absolute Gasteiger partial charge is 0.337 e. The highest BCUT2D eigenvalue weighted by atomic mass is 35.5. The quantitative estimate of drug-likeness (QED) is 0.777. The summed E-state index contributed by atoms with van der Waals surface area (Å²) in [7, 11) is 0. The number of halogens is 1.